The Labute approximate surface area is 133 Å². The molecule has 2 rings (SSSR count). The lowest BCUT2D eigenvalue weighted by Gasteiger charge is -2.14. The summed E-state index contributed by atoms with van der Waals surface area (Å²) in [6, 6.07) is 11.4. The first-order valence-electron chi connectivity index (χ1n) is 6.50. The van der Waals surface area contributed by atoms with Crippen LogP contribution >= 0.6 is 0 Å². The first-order valence-corrected chi connectivity index (χ1v) is 8.04. The molecule has 0 atom stereocenters. The number of nitrogens with zero attached hydrogens (tertiary/aromatic N) is 2. The number of hydrogen-bond acceptors (Lipinski definition) is 5. The number of hydrogen-bond donors (Lipinski definition) is 3. The number of amidine groups is 1. The van der Waals surface area contributed by atoms with Crippen LogP contribution in [0.2, 0.25) is 0 Å². The lowest BCUT2D eigenvalue weighted by atomic mass is 10.2. The molecule has 0 aliphatic carbocycles. The van der Waals surface area contributed by atoms with Crippen LogP contribution in [0.25, 0.3) is 0 Å². The predicted molar refractivity (Wildman–Crippen MR) is 84.7 cm³/mol. The molecule has 23 heavy (non-hydrogen) atoms. The van der Waals surface area contributed by atoms with Gasteiger partial charge in [-0.05, 0) is 42.0 Å². The van der Waals surface area contributed by atoms with Crippen LogP contribution in [0.1, 0.15) is 11.1 Å². The molecule has 0 aliphatic rings. The van der Waals surface area contributed by atoms with E-state index in [4.69, 9.17) is 16.7 Å². The van der Waals surface area contributed by atoms with Gasteiger partial charge in [0, 0.05) is 5.56 Å². The van der Waals surface area contributed by atoms with Crippen molar-refractivity contribution >= 4 is 15.9 Å². The minimum atomic E-state index is -3.76. The quantitative estimate of drug-likeness (QED) is 0.316. The molecule has 2 aromatic rings. The van der Waals surface area contributed by atoms with Gasteiger partial charge in [-0.2, -0.15) is 0 Å². The summed E-state index contributed by atoms with van der Waals surface area (Å²) in [6.45, 7) is 0.232. The summed E-state index contributed by atoms with van der Waals surface area (Å²) in [7, 11) is -3.76. The third kappa shape index (κ3) is 4.74. The SMILES string of the molecule is N/C(=N\N(N)Cc1ccc(F)cc1)c1ccc(S(N)(=O)=O)cc1. The van der Waals surface area contributed by atoms with Crippen molar-refractivity contribution in [2.75, 3.05) is 0 Å². The molecule has 0 bridgehead atoms. The van der Waals surface area contributed by atoms with Crippen molar-refractivity contribution in [3.05, 3.63) is 65.5 Å². The highest BCUT2D eigenvalue weighted by Crippen LogP contribution is 2.09. The first-order chi connectivity index (χ1) is 10.8. The van der Waals surface area contributed by atoms with Gasteiger partial charge >= 0.3 is 0 Å². The average molecular weight is 337 g/mol. The first kappa shape index (κ1) is 16.9. The molecule has 9 heteroatoms. The minimum absolute atomic E-state index is 0.0232. The molecular weight excluding hydrogens is 321 g/mol. The number of primary sulfonamides is 1. The van der Waals surface area contributed by atoms with E-state index in [1.54, 1.807) is 12.1 Å². The molecule has 7 nitrogen and oxygen atoms in total. The van der Waals surface area contributed by atoms with E-state index < -0.39 is 10.0 Å². The fourth-order valence-electron chi connectivity index (χ4n) is 1.82. The standard InChI is InChI=1S/C14H16FN5O2S/c15-12-5-1-10(2-6-12)9-20(17)19-14(16)11-3-7-13(8-4-11)23(18,21)22/h1-8H,9,17H2,(H2,16,19)(H2,18,21,22). The van der Waals surface area contributed by atoms with Crippen LogP contribution in [-0.2, 0) is 16.6 Å². The number of sulfonamides is 1. The highest BCUT2D eigenvalue weighted by atomic mass is 32.2. The van der Waals surface area contributed by atoms with Gasteiger partial charge in [0.15, 0.2) is 5.84 Å². The second-order valence-corrected chi connectivity index (χ2v) is 6.34. The zero-order valence-electron chi connectivity index (χ0n) is 12.1. The van der Waals surface area contributed by atoms with Crippen molar-refractivity contribution in [3.63, 3.8) is 0 Å². The Morgan fingerprint density at radius 3 is 2.17 bits per heavy atom. The van der Waals surface area contributed by atoms with Gasteiger partial charge in [-0.3, -0.25) is 0 Å². The number of hydrazine groups is 1. The van der Waals surface area contributed by atoms with Crippen LogP contribution in [0.5, 0.6) is 0 Å². The van der Waals surface area contributed by atoms with E-state index in [2.05, 4.69) is 5.10 Å². The van der Waals surface area contributed by atoms with Crippen molar-refractivity contribution in [3.8, 4) is 0 Å². The minimum Gasteiger partial charge on any atom is -0.382 e. The van der Waals surface area contributed by atoms with Crippen molar-refractivity contribution in [1.29, 1.82) is 0 Å². The molecule has 122 valence electrons. The van der Waals surface area contributed by atoms with Gasteiger partial charge in [0.05, 0.1) is 11.4 Å². The van der Waals surface area contributed by atoms with Gasteiger partial charge in [-0.25, -0.2) is 28.9 Å². The molecule has 0 spiro atoms. The lowest BCUT2D eigenvalue weighted by molar-refractivity contribution is 0.290. The van der Waals surface area contributed by atoms with Crippen LogP contribution in [-0.4, -0.2) is 19.4 Å². The molecule has 0 fully saturated rings. The number of halogens is 1. The molecule has 0 aromatic heterocycles. The highest BCUT2D eigenvalue weighted by molar-refractivity contribution is 7.89. The van der Waals surface area contributed by atoms with Crippen LogP contribution in [0.4, 0.5) is 4.39 Å². The average Bonchev–Trinajstić information content (AvgIpc) is 2.49. The van der Waals surface area contributed by atoms with E-state index >= 15 is 0 Å². The fraction of sp³-hybridized carbons (Fsp3) is 0.0714. The van der Waals surface area contributed by atoms with Crippen LogP contribution < -0.4 is 16.7 Å². The predicted octanol–water partition coefficient (Wildman–Crippen LogP) is 0.469. The van der Waals surface area contributed by atoms with E-state index in [1.165, 1.54) is 36.4 Å². The van der Waals surface area contributed by atoms with E-state index in [1.807, 2.05) is 0 Å². The number of nitrogens with two attached hydrogens (primary N) is 3. The molecule has 6 N–H and O–H groups in total. The van der Waals surface area contributed by atoms with E-state index in [0.717, 1.165) is 10.7 Å². The Kier molecular flexibility index (Phi) is 4.94. The second-order valence-electron chi connectivity index (χ2n) is 4.78. The summed E-state index contributed by atoms with van der Waals surface area (Å²) >= 11 is 0. The molecule has 0 saturated heterocycles. The van der Waals surface area contributed by atoms with Crippen LogP contribution in [0.3, 0.4) is 0 Å². The van der Waals surface area contributed by atoms with Gasteiger partial charge in [-0.15, -0.1) is 5.10 Å². The number of hydrazone groups is 1. The van der Waals surface area contributed by atoms with Gasteiger partial charge < -0.3 is 5.73 Å². The third-order valence-electron chi connectivity index (χ3n) is 2.97. The zero-order chi connectivity index (χ0) is 17.0. The van der Waals surface area contributed by atoms with Crippen LogP contribution in [0, 0.1) is 5.82 Å². The topological polar surface area (TPSA) is 128 Å². The Morgan fingerprint density at radius 1 is 1.09 bits per heavy atom. The van der Waals surface area contributed by atoms with E-state index in [0.29, 0.717) is 5.56 Å². The normalized spacial score (nSPS) is 12.2. The van der Waals surface area contributed by atoms with Gasteiger partial charge in [-0.1, -0.05) is 12.1 Å². The summed E-state index contributed by atoms with van der Waals surface area (Å²) in [5.74, 6) is 5.51. The molecule has 0 aliphatic heterocycles. The zero-order valence-corrected chi connectivity index (χ0v) is 12.9. The highest BCUT2D eigenvalue weighted by Gasteiger charge is 2.08. The van der Waals surface area contributed by atoms with E-state index in [9.17, 15) is 12.8 Å². The second kappa shape index (κ2) is 6.73. The molecule has 2 aromatic carbocycles. The summed E-state index contributed by atoms with van der Waals surface area (Å²) in [4.78, 5) is -0.0232. The monoisotopic (exact) mass is 337 g/mol. The Bertz CT molecular complexity index is 804. The van der Waals surface area contributed by atoms with Gasteiger partial charge in [0.2, 0.25) is 10.0 Å². The summed E-state index contributed by atoms with van der Waals surface area (Å²) in [6.07, 6.45) is 0. The molecule has 0 unspecified atom stereocenters. The van der Waals surface area contributed by atoms with Crippen molar-refractivity contribution < 1.29 is 12.8 Å². The summed E-state index contributed by atoms with van der Waals surface area (Å²) in [5, 5.41) is 10.1. The molecule has 0 radical (unpaired) electrons. The third-order valence-corrected chi connectivity index (χ3v) is 3.90. The lowest BCUT2D eigenvalue weighted by Crippen LogP contribution is -2.29. The number of rotatable bonds is 5. The van der Waals surface area contributed by atoms with E-state index in [-0.39, 0.29) is 23.1 Å². The smallest absolute Gasteiger partial charge is 0.238 e. The van der Waals surface area contributed by atoms with Crippen molar-refractivity contribution in [2.45, 2.75) is 11.4 Å². The van der Waals surface area contributed by atoms with Crippen LogP contribution in [0.15, 0.2) is 58.5 Å². The summed E-state index contributed by atoms with van der Waals surface area (Å²) in [5.41, 5.74) is 7.07. The Morgan fingerprint density at radius 2 is 1.65 bits per heavy atom. The van der Waals surface area contributed by atoms with Gasteiger partial charge in [0.25, 0.3) is 0 Å². The maximum absolute atomic E-state index is 12.8. The largest absolute Gasteiger partial charge is 0.382 e. The molecule has 0 saturated carbocycles. The van der Waals surface area contributed by atoms with Crippen molar-refractivity contribution in [2.24, 2.45) is 21.8 Å². The maximum Gasteiger partial charge on any atom is 0.238 e. The molecule has 0 amide bonds. The maximum atomic E-state index is 12.8. The van der Waals surface area contributed by atoms with Gasteiger partial charge in [0.1, 0.15) is 5.82 Å². The Balaban J connectivity index is 2.10. The molecular formula is C14H16FN5O2S. The Hall–Kier alpha value is -2.49. The fourth-order valence-corrected chi connectivity index (χ4v) is 2.34. The molecule has 0 heterocycles. The number of benzene rings is 2. The van der Waals surface area contributed by atoms with Crippen molar-refractivity contribution in [1.82, 2.24) is 5.12 Å². The summed E-state index contributed by atoms with van der Waals surface area (Å²) < 4.78 is 35.2.